The van der Waals surface area contributed by atoms with Gasteiger partial charge in [-0.2, -0.15) is 0 Å². The van der Waals surface area contributed by atoms with E-state index in [1.165, 1.54) is 6.42 Å². The van der Waals surface area contributed by atoms with Crippen LogP contribution >= 0.6 is 0 Å². The summed E-state index contributed by atoms with van der Waals surface area (Å²) in [7, 11) is 0. The Morgan fingerprint density at radius 3 is 2.08 bits per heavy atom. The molecule has 0 rings (SSSR count). The van der Waals surface area contributed by atoms with Crippen LogP contribution in [0.4, 0.5) is 0 Å². The van der Waals surface area contributed by atoms with Crippen molar-refractivity contribution in [1.82, 2.24) is 0 Å². The van der Waals surface area contributed by atoms with Crippen LogP contribution < -0.4 is 0 Å². The van der Waals surface area contributed by atoms with Crippen LogP contribution in [0.5, 0.6) is 0 Å². The molecule has 70 valence electrons. The Morgan fingerprint density at radius 1 is 1.25 bits per heavy atom. The molecular weight excluding hydrogens is 144 g/mol. The molecule has 12 heavy (non-hydrogen) atoms. The largest absolute Gasteiger partial charge is 0.0991 e. The quantitative estimate of drug-likeness (QED) is 0.432. The second-order valence-corrected chi connectivity index (χ2v) is 2.71. The van der Waals surface area contributed by atoms with E-state index in [0.717, 1.165) is 0 Å². The third-order valence-electron chi connectivity index (χ3n) is 1.05. The van der Waals surface area contributed by atoms with Gasteiger partial charge in [0, 0.05) is 0 Å². The number of allylic oxidation sites excluding steroid dienone is 5. The van der Waals surface area contributed by atoms with Gasteiger partial charge < -0.3 is 0 Å². The standard InChI is InChI=1S/C9H14.C3H8/c1-4-6-8-9(3)7-5-2;1-3-2/h4-9H,1H2,2-3H3;3H2,1-2H3/b7-5-,8-6-;. The lowest BCUT2D eigenvalue weighted by atomic mass is 10.1. The summed E-state index contributed by atoms with van der Waals surface area (Å²) in [5.74, 6) is 0.535. The maximum absolute atomic E-state index is 3.58. The summed E-state index contributed by atoms with van der Waals surface area (Å²) >= 11 is 0. The highest BCUT2D eigenvalue weighted by atomic mass is 13.9. The summed E-state index contributed by atoms with van der Waals surface area (Å²) in [5, 5.41) is 0. The first-order valence-corrected chi connectivity index (χ1v) is 4.64. The Labute approximate surface area is 77.7 Å². The smallest absolute Gasteiger partial charge is 0.00789 e. The Kier molecular flexibility index (Phi) is 14.8. The van der Waals surface area contributed by atoms with Crippen molar-refractivity contribution >= 4 is 0 Å². The topological polar surface area (TPSA) is 0 Å². The fourth-order valence-electron chi connectivity index (χ4n) is 0.622. The predicted molar refractivity (Wildman–Crippen MR) is 59.3 cm³/mol. The maximum atomic E-state index is 3.58. The highest BCUT2D eigenvalue weighted by Crippen LogP contribution is 1.98. The van der Waals surface area contributed by atoms with Crippen molar-refractivity contribution in [3.8, 4) is 0 Å². The van der Waals surface area contributed by atoms with Gasteiger partial charge in [-0.05, 0) is 12.8 Å². The van der Waals surface area contributed by atoms with Gasteiger partial charge in [0.05, 0.1) is 0 Å². The minimum Gasteiger partial charge on any atom is -0.0991 e. The van der Waals surface area contributed by atoms with E-state index in [4.69, 9.17) is 0 Å². The Hall–Kier alpha value is -0.780. The van der Waals surface area contributed by atoms with Crippen LogP contribution in [0.15, 0.2) is 37.0 Å². The molecule has 1 unspecified atom stereocenters. The maximum Gasteiger partial charge on any atom is -0.00789 e. The highest BCUT2D eigenvalue weighted by Gasteiger charge is 1.83. The van der Waals surface area contributed by atoms with Gasteiger partial charge in [-0.15, -0.1) is 0 Å². The molecule has 0 aliphatic carbocycles. The lowest BCUT2D eigenvalue weighted by molar-refractivity contribution is 0.938. The second-order valence-electron chi connectivity index (χ2n) is 2.71. The van der Waals surface area contributed by atoms with E-state index in [0.29, 0.717) is 5.92 Å². The molecule has 0 radical (unpaired) electrons. The van der Waals surface area contributed by atoms with Crippen molar-refractivity contribution in [3.63, 3.8) is 0 Å². The monoisotopic (exact) mass is 166 g/mol. The number of hydrogen-bond acceptors (Lipinski definition) is 0. The van der Waals surface area contributed by atoms with Crippen LogP contribution in [-0.4, -0.2) is 0 Å². The molecule has 0 nitrogen and oxygen atoms in total. The molecule has 1 atom stereocenters. The first-order chi connectivity index (χ1) is 5.72. The first kappa shape index (κ1) is 13.8. The molecule has 0 spiro atoms. The fraction of sp³-hybridized carbons (Fsp3) is 0.500. The molecule has 0 aliphatic heterocycles. The van der Waals surface area contributed by atoms with Gasteiger partial charge in [0.15, 0.2) is 0 Å². The van der Waals surface area contributed by atoms with Crippen LogP contribution in [0, 0.1) is 5.92 Å². The van der Waals surface area contributed by atoms with Crippen LogP contribution in [0.1, 0.15) is 34.1 Å². The van der Waals surface area contributed by atoms with E-state index in [2.05, 4.69) is 45.6 Å². The Morgan fingerprint density at radius 2 is 1.75 bits per heavy atom. The zero-order chi connectivity index (χ0) is 9.82. The van der Waals surface area contributed by atoms with Gasteiger partial charge in [0.1, 0.15) is 0 Å². The fourth-order valence-corrected chi connectivity index (χ4v) is 0.622. The number of rotatable bonds is 3. The molecule has 0 aliphatic rings. The van der Waals surface area contributed by atoms with Gasteiger partial charge in [0.25, 0.3) is 0 Å². The molecule has 0 heteroatoms. The Bertz CT molecular complexity index is 129. The lowest BCUT2D eigenvalue weighted by Crippen LogP contribution is -1.78. The predicted octanol–water partition coefficient (Wildman–Crippen LogP) is 4.36. The average molecular weight is 166 g/mol. The molecule has 0 fully saturated rings. The summed E-state index contributed by atoms with van der Waals surface area (Å²) in [6, 6.07) is 0. The van der Waals surface area contributed by atoms with E-state index < -0.39 is 0 Å². The summed E-state index contributed by atoms with van der Waals surface area (Å²) in [4.78, 5) is 0. The van der Waals surface area contributed by atoms with Crippen LogP contribution in [0.3, 0.4) is 0 Å². The van der Waals surface area contributed by atoms with Crippen LogP contribution in [-0.2, 0) is 0 Å². The van der Waals surface area contributed by atoms with Gasteiger partial charge in [-0.25, -0.2) is 0 Å². The second kappa shape index (κ2) is 12.9. The molecule has 0 amide bonds. The van der Waals surface area contributed by atoms with Gasteiger partial charge in [0.2, 0.25) is 0 Å². The zero-order valence-corrected chi connectivity index (χ0v) is 8.88. The molecule has 0 aromatic carbocycles. The summed E-state index contributed by atoms with van der Waals surface area (Å²) in [6.07, 6.45) is 11.3. The zero-order valence-electron chi connectivity index (χ0n) is 8.88. The third-order valence-corrected chi connectivity index (χ3v) is 1.05. The van der Waals surface area contributed by atoms with E-state index in [9.17, 15) is 0 Å². The van der Waals surface area contributed by atoms with E-state index in [-0.39, 0.29) is 0 Å². The first-order valence-electron chi connectivity index (χ1n) is 4.64. The average Bonchev–Trinajstić information content (AvgIpc) is 2.03. The van der Waals surface area contributed by atoms with Crippen LogP contribution in [0.25, 0.3) is 0 Å². The third kappa shape index (κ3) is 16.1. The molecule has 0 aromatic heterocycles. The summed E-state index contributed by atoms with van der Waals surface area (Å²) < 4.78 is 0. The molecule has 0 heterocycles. The van der Waals surface area contributed by atoms with Crippen molar-refractivity contribution < 1.29 is 0 Å². The SMILES string of the molecule is C=C/C=C\C(C)/C=C\C.CCC. The Balaban J connectivity index is 0. The van der Waals surface area contributed by atoms with Crippen molar-refractivity contribution in [2.24, 2.45) is 5.92 Å². The minimum absolute atomic E-state index is 0.535. The molecule has 0 N–H and O–H groups in total. The van der Waals surface area contributed by atoms with Crippen molar-refractivity contribution in [1.29, 1.82) is 0 Å². The molecule has 0 aromatic rings. The lowest BCUT2D eigenvalue weighted by Gasteiger charge is -1.92. The normalized spacial score (nSPS) is 12.7. The van der Waals surface area contributed by atoms with Crippen molar-refractivity contribution in [3.05, 3.63) is 37.0 Å². The van der Waals surface area contributed by atoms with E-state index in [1.54, 1.807) is 6.08 Å². The molecule has 0 saturated carbocycles. The summed E-state index contributed by atoms with van der Waals surface area (Å²) in [5.41, 5.74) is 0. The van der Waals surface area contributed by atoms with E-state index in [1.807, 2.05) is 13.0 Å². The molecule has 0 bridgehead atoms. The number of hydrogen-bond donors (Lipinski definition) is 0. The summed E-state index contributed by atoms with van der Waals surface area (Å²) in [6.45, 7) is 12.0. The van der Waals surface area contributed by atoms with Crippen LogP contribution in [0.2, 0.25) is 0 Å². The van der Waals surface area contributed by atoms with E-state index >= 15 is 0 Å². The highest BCUT2D eigenvalue weighted by molar-refractivity contribution is 5.04. The molecular formula is C12H22. The van der Waals surface area contributed by atoms with Gasteiger partial charge >= 0.3 is 0 Å². The van der Waals surface area contributed by atoms with Gasteiger partial charge in [-0.3, -0.25) is 0 Å². The molecule has 0 saturated heterocycles. The van der Waals surface area contributed by atoms with Gasteiger partial charge in [-0.1, -0.05) is 64.2 Å². The minimum atomic E-state index is 0.535. The van der Waals surface area contributed by atoms with Crippen molar-refractivity contribution in [2.45, 2.75) is 34.1 Å². The van der Waals surface area contributed by atoms with Crippen molar-refractivity contribution in [2.75, 3.05) is 0 Å².